The number of rotatable bonds is 7. The van der Waals surface area contributed by atoms with Gasteiger partial charge in [-0.25, -0.2) is 0 Å². The van der Waals surface area contributed by atoms with Gasteiger partial charge in [0, 0.05) is 55.5 Å². The first kappa shape index (κ1) is 20.1. The second kappa shape index (κ2) is 8.65. The van der Waals surface area contributed by atoms with E-state index in [1.165, 1.54) is 4.90 Å². The Morgan fingerprint density at radius 1 is 0.900 bits per heavy atom. The van der Waals surface area contributed by atoms with Gasteiger partial charge in [-0.3, -0.25) is 24.1 Å². The zero-order valence-corrected chi connectivity index (χ0v) is 16.9. The summed E-state index contributed by atoms with van der Waals surface area (Å²) in [6.07, 6.45) is 2.97. The molecule has 2 aliphatic rings. The number of nitrogens with zero attached hydrogens (tertiary/aromatic N) is 2. The van der Waals surface area contributed by atoms with E-state index in [2.05, 4.69) is 5.32 Å². The summed E-state index contributed by atoms with van der Waals surface area (Å²) in [7, 11) is 0. The van der Waals surface area contributed by atoms with E-state index in [0.29, 0.717) is 35.9 Å². The lowest BCUT2D eigenvalue weighted by Gasteiger charge is -2.27. The average Bonchev–Trinajstić information content (AvgIpc) is 3.29. The summed E-state index contributed by atoms with van der Waals surface area (Å²) in [5.41, 5.74) is 1.04. The molecule has 0 bridgehead atoms. The molecular formula is C23H25N3O4. The minimum absolute atomic E-state index is 0.0742. The molecule has 0 radical (unpaired) electrons. The maximum Gasteiger partial charge on any atom is 0.261 e. The Labute approximate surface area is 175 Å². The summed E-state index contributed by atoms with van der Waals surface area (Å²) < 4.78 is 0. The molecule has 4 rings (SSSR count). The Kier molecular flexibility index (Phi) is 5.79. The third-order valence-electron chi connectivity index (χ3n) is 5.76. The SMILES string of the molecule is O=C(CCCN1C(=O)c2cccc3cccc(c23)C1=O)NCCC(=O)N1CCCC1. The first-order chi connectivity index (χ1) is 14.6. The topological polar surface area (TPSA) is 86.8 Å². The van der Waals surface area contributed by atoms with E-state index in [-0.39, 0.29) is 36.6 Å². The van der Waals surface area contributed by atoms with E-state index in [1.807, 2.05) is 29.2 Å². The predicted octanol–water partition coefficient (Wildman–Crippen LogP) is 2.34. The lowest BCUT2D eigenvalue weighted by atomic mass is 9.94. The number of amides is 4. The number of likely N-dealkylation sites (tertiary alicyclic amines) is 1. The molecule has 1 saturated heterocycles. The molecule has 2 aromatic rings. The summed E-state index contributed by atoms with van der Waals surface area (Å²) in [6.45, 7) is 2.11. The summed E-state index contributed by atoms with van der Waals surface area (Å²) in [5.74, 6) is -0.740. The fraction of sp³-hybridized carbons (Fsp3) is 0.391. The smallest absolute Gasteiger partial charge is 0.261 e. The highest BCUT2D eigenvalue weighted by molar-refractivity contribution is 6.25. The average molecular weight is 407 g/mol. The molecule has 1 fully saturated rings. The van der Waals surface area contributed by atoms with Crippen molar-refractivity contribution in [3.8, 4) is 0 Å². The molecule has 2 heterocycles. The minimum Gasteiger partial charge on any atom is -0.356 e. The number of carbonyl (C=O) groups is 4. The number of nitrogens with one attached hydrogen (secondary N) is 1. The van der Waals surface area contributed by atoms with Crippen molar-refractivity contribution in [1.82, 2.24) is 15.1 Å². The Balaban J connectivity index is 1.28. The van der Waals surface area contributed by atoms with Crippen LogP contribution in [0.25, 0.3) is 10.8 Å². The van der Waals surface area contributed by atoms with Crippen molar-refractivity contribution >= 4 is 34.4 Å². The van der Waals surface area contributed by atoms with Crippen LogP contribution in [0.5, 0.6) is 0 Å². The van der Waals surface area contributed by atoms with E-state index in [1.54, 1.807) is 12.1 Å². The van der Waals surface area contributed by atoms with Crippen LogP contribution in [0.3, 0.4) is 0 Å². The van der Waals surface area contributed by atoms with Crippen molar-refractivity contribution in [1.29, 1.82) is 0 Å². The minimum atomic E-state index is -0.319. The summed E-state index contributed by atoms with van der Waals surface area (Å²) in [4.78, 5) is 52.8. The molecular weight excluding hydrogens is 382 g/mol. The maximum atomic E-state index is 12.8. The molecule has 0 atom stereocenters. The predicted molar refractivity (Wildman–Crippen MR) is 112 cm³/mol. The second-order valence-electron chi connectivity index (χ2n) is 7.76. The van der Waals surface area contributed by atoms with Crippen LogP contribution >= 0.6 is 0 Å². The fourth-order valence-corrected chi connectivity index (χ4v) is 4.20. The van der Waals surface area contributed by atoms with Gasteiger partial charge in [0.1, 0.15) is 0 Å². The van der Waals surface area contributed by atoms with Gasteiger partial charge in [0.25, 0.3) is 11.8 Å². The highest BCUT2D eigenvalue weighted by atomic mass is 16.2. The monoisotopic (exact) mass is 407 g/mol. The molecule has 7 heteroatoms. The first-order valence-electron chi connectivity index (χ1n) is 10.5. The third kappa shape index (κ3) is 3.92. The van der Waals surface area contributed by atoms with Crippen LogP contribution in [-0.2, 0) is 9.59 Å². The van der Waals surface area contributed by atoms with Crippen LogP contribution in [-0.4, -0.2) is 59.6 Å². The first-order valence-corrected chi connectivity index (χ1v) is 10.5. The Hall–Kier alpha value is -3.22. The zero-order chi connectivity index (χ0) is 21.1. The van der Waals surface area contributed by atoms with Gasteiger partial charge in [-0.1, -0.05) is 24.3 Å². The van der Waals surface area contributed by atoms with Gasteiger partial charge in [-0.05, 0) is 36.8 Å². The molecule has 0 aromatic heterocycles. The molecule has 7 nitrogen and oxygen atoms in total. The van der Waals surface area contributed by atoms with E-state index in [0.717, 1.165) is 31.3 Å². The summed E-state index contributed by atoms with van der Waals surface area (Å²) >= 11 is 0. The van der Waals surface area contributed by atoms with Crippen molar-refractivity contribution in [2.45, 2.75) is 32.1 Å². The highest BCUT2D eigenvalue weighted by Crippen LogP contribution is 2.30. The zero-order valence-electron chi connectivity index (χ0n) is 16.9. The van der Waals surface area contributed by atoms with Gasteiger partial charge < -0.3 is 10.2 Å². The van der Waals surface area contributed by atoms with Crippen LogP contribution < -0.4 is 5.32 Å². The molecule has 2 aromatic carbocycles. The van der Waals surface area contributed by atoms with Gasteiger partial charge in [-0.2, -0.15) is 0 Å². The number of carbonyl (C=O) groups excluding carboxylic acids is 4. The molecule has 1 N–H and O–H groups in total. The maximum absolute atomic E-state index is 12.8. The highest BCUT2D eigenvalue weighted by Gasteiger charge is 2.32. The normalized spacial score (nSPS) is 15.7. The summed E-state index contributed by atoms with van der Waals surface area (Å²) in [6, 6.07) is 10.9. The Morgan fingerprint density at radius 3 is 2.17 bits per heavy atom. The van der Waals surface area contributed by atoms with Crippen molar-refractivity contribution in [2.24, 2.45) is 0 Å². The molecule has 4 amide bonds. The van der Waals surface area contributed by atoms with Gasteiger partial charge in [0.05, 0.1) is 0 Å². The summed E-state index contributed by atoms with van der Waals surface area (Å²) in [5, 5.41) is 4.32. The molecule has 0 spiro atoms. The van der Waals surface area contributed by atoms with E-state index in [9.17, 15) is 19.2 Å². The van der Waals surface area contributed by atoms with Crippen molar-refractivity contribution in [2.75, 3.05) is 26.2 Å². The van der Waals surface area contributed by atoms with Crippen molar-refractivity contribution < 1.29 is 19.2 Å². The Morgan fingerprint density at radius 2 is 1.53 bits per heavy atom. The Bertz CT molecular complexity index is 960. The standard InChI is InChI=1S/C23H25N3O4/c27-19(24-12-11-20(28)25-13-1-2-14-25)10-5-15-26-22(29)17-8-3-6-16-7-4-9-18(21(16)17)23(26)30/h3-4,6-9H,1-2,5,10-15H2,(H,24,27). The van der Waals surface area contributed by atoms with Crippen molar-refractivity contribution in [3.05, 3.63) is 47.5 Å². The van der Waals surface area contributed by atoms with Crippen molar-refractivity contribution in [3.63, 3.8) is 0 Å². The van der Waals surface area contributed by atoms with Gasteiger partial charge >= 0.3 is 0 Å². The van der Waals surface area contributed by atoms with Crippen LogP contribution in [0.2, 0.25) is 0 Å². The number of imide groups is 1. The van der Waals surface area contributed by atoms with Gasteiger partial charge in [-0.15, -0.1) is 0 Å². The molecule has 156 valence electrons. The van der Waals surface area contributed by atoms with Crippen LogP contribution in [0.1, 0.15) is 52.8 Å². The van der Waals surface area contributed by atoms with E-state index < -0.39 is 0 Å². The van der Waals surface area contributed by atoms with Crippen LogP contribution in [0, 0.1) is 0 Å². The third-order valence-corrected chi connectivity index (χ3v) is 5.76. The van der Waals surface area contributed by atoms with E-state index in [4.69, 9.17) is 0 Å². The molecule has 2 aliphatic heterocycles. The fourth-order valence-electron chi connectivity index (χ4n) is 4.20. The number of hydrogen-bond donors (Lipinski definition) is 1. The molecule has 0 saturated carbocycles. The lowest BCUT2D eigenvalue weighted by molar-refractivity contribution is -0.130. The largest absolute Gasteiger partial charge is 0.356 e. The lowest BCUT2D eigenvalue weighted by Crippen LogP contribution is -2.41. The molecule has 0 unspecified atom stereocenters. The molecule has 0 aliphatic carbocycles. The quantitative estimate of drug-likeness (QED) is 0.714. The van der Waals surface area contributed by atoms with Crippen LogP contribution in [0.4, 0.5) is 0 Å². The van der Waals surface area contributed by atoms with Gasteiger partial charge in [0.2, 0.25) is 11.8 Å². The van der Waals surface area contributed by atoms with Crippen LogP contribution in [0.15, 0.2) is 36.4 Å². The second-order valence-corrected chi connectivity index (χ2v) is 7.76. The number of hydrogen-bond acceptors (Lipinski definition) is 4. The van der Waals surface area contributed by atoms with E-state index >= 15 is 0 Å². The number of benzene rings is 2. The van der Waals surface area contributed by atoms with Gasteiger partial charge in [0.15, 0.2) is 0 Å². The molecule has 30 heavy (non-hydrogen) atoms.